The molecule has 0 saturated carbocycles. The molecule has 176 valence electrons. The molecule has 1 unspecified atom stereocenters. The van der Waals surface area contributed by atoms with Crippen molar-refractivity contribution in [2.24, 2.45) is 5.92 Å². The normalized spacial score (nSPS) is 24.2. The van der Waals surface area contributed by atoms with Gasteiger partial charge in [0.25, 0.3) is 0 Å². The van der Waals surface area contributed by atoms with Crippen LogP contribution in [0.5, 0.6) is 0 Å². The van der Waals surface area contributed by atoms with Gasteiger partial charge in [0.2, 0.25) is 11.8 Å². The van der Waals surface area contributed by atoms with Gasteiger partial charge in [0.15, 0.2) is 0 Å². The van der Waals surface area contributed by atoms with E-state index < -0.39 is 6.04 Å². The maximum atomic E-state index is 13.1. The number of hydrogen-bond donors (Lipinski definition) is 4. The third-order valence-electron chi connectivity index (χ3n) is 6.72. The highest BCUT2D eigenvalue weighted by Crippen LogP contribution is 2.43. The molecule has 0 spiro atoms. The summed E-state index contributed by atoms with van der Waals surface area (Å²) in [7, 11) is 0. The summed E-state index contributed by atoms with van der Waals surface area (Å²) in [5, 5.41) is 9.16. The predicted octanol–water partition coefficient (Wildman–Crippen LogP) is 2.37. The van der Waals surface area contributed by atoms with Crippen LogP contribution in [0.3, 0.4) is 0 Å². The van der Waals surface area contributed by atoms with Crippen molar-refractivity contribution in [1.29, 1.82) is 0 Å². The fourth-order valence-electron chi connectivity index (χ4n) is 4.95. The van der Waals surface area contributed by atoms with Gasteiger partial charge in [0, 0.05) is 5.41 Å². The highest BCUT2D eigenvalue weighted by atomic mass is 19.1. The van der Waals surface area contributed by atoms with Gasteiger partial charge < -0.3 is 21.7 Å². The molecular weight excluding hydrogens is 421 g/mol. The van der Waals surface area contributed by atoms with E-state index >= 15 is 0 Å². The Balaban J connectivity index is 1.30. The molecule has 2 heterocycles. The highest BCUT2D eigenvalue weighted by molar-refractivity contribution is 5.90. The van der Waals surface area contributed by atoms with E-state index in [-0.39, 0.29) is 41.0 Å². The van der Waals surface area contributed by atoms with E-state index in [1.54, 1.807) is 25.1 Å². The first kappa shape index (κ1) is 23.2. The van der Waals surface area contributed by atoms with Crippen molar-refractivity contribution in [1.82, 2.24) is 20.9 Å². The summed E-state index contributed by atoms with van der Waals surface area (Å²) in [6.07, 6.45) is 2.18. The average Bonchev–Trinajstić information content (AvgIpc) is 3.32. The molecule has 33 heavy (non-hydrogen) atoms. The summed E-state index contributed by atoms with van der Waals surface area (Å²) in [5.41, 5.74) is 8.59. The number of aromatic nitrogens is 1. The first-order valence-electron chi connectivity index (χ1n) is 11.5. The number of hydrogen-bond acceptors (Lipinski definition) is 5. The van der Waals surface area contributed by atoms with E-state index in [2.05, 4.69) is 34.8 Å². The second-order valence-corrected chi connectivity index (χ2v) is 9.95. The van der Waals surface area contributed by atoms with Gasteiger partial charge in [-0.05, 0) is 68.0 Å². The lowest BCUT2D eigenvalue weighted by Crippen LogP contribution is -2.50. The van der Waals surface area contributed by atoms with E-state index in [1.807, 2.05) is 6.07 Å². The smallest absolute Gasteiger partial charge is 0.242 e. The van der Waals surface area contributed by atoms with Crippen LogP contribution in [-0.2, 0) is 21.4 Å². The Hall–Kier alpha value is -3.00. The van der Waals surface area contributed by atoms with Crippen LogP contribution < -0.4 is 21.7 Å². The van der Waals surface area contributed by atoms with Crippen molar-refractivity contribution < 1.29 is 14.0 Å². The summed E-state index contributed by atoms with van der Waals surface area (Å²) in [6, 6.07) is 8.97. The number of pyridine rings is 1. The lowest BCUT2D eigenvalue weighted by molar-refractivity contribution is -0.129. The number of rotatable bonds is 6. The minimum Gasteiger partial charge on any atom is -0.384 e. The molecule has 2 amide bonds. The van der Waals surface area contributed by atoms with E-state index in [4.69, 9.17) is 5.73 Å². The van der Waals surface area contributed by atoms with Crippen molar-refractivity contribution in [3.05, 3.63) is 59.0 Å². The monoisotopic (exact) mass is 453 g/mol. The Bertz CT molecular complexity index is 1040. The Kier molecular flexibility index (Phi) is 6.38. The second-order valence-electron chi connectivity index (χ2n) is 9.95. The number of benzene rings is 1. The van der Waals surface area contributed by atoms with Crippen LogP contribution in [0.1, 0.15) is 56.5 Å². The fourth-order valence-corrected chi connectivity index (χ4v) is 4.95. The molecule has 1 fully saturated rings. The average molecular weight is 454 g/mol. The van der Waals surface area contributed by atoms with Gasteiger partial charge in [0.1, 0.15) is 17.7 Å². The van der Waals surface area contributed by atoms with Crippen LogP contribution in [0.15, 0.2) is 36.4 Å². The van der Waals surface area contributed by atoms with Crippen molar-refractivity contribution in [3.63, 3.8) is 0 Å². The van der Waals surface area contributed by atoms with Gasteiger partial charge in [-0.3, -0.25) is 9.59 Å². The van der Waals surface area contributed by atoms with Crippen LogP contribution >= 0.6 is 0 Å². The topological polar surface area (TPSA) is 109 Å². The number of nitrogens with zero attached hydrogens (tertiary/aromatic N) is 1. The number of nitrogen functional groups attached to an aromatic ring is 1. The number of fused-ring (bicyclic) bond motifs is 1. The molecule has 5 N–H and O–H groups in total. The molecule has 1 aromatic carbocycles. The van der Waals surface area contributed by atoms with E-state index in [9.17, 15) is 14.0 Å². The summed E-state index contributed by atoms with van der Waals surface area (Å²) >= 11 is 0. The largest absolute Gasteiger partial charge is 0.384 e. The van der Waals surface area contributed by atoms with Crippen molar-refractivity contribution in [2.75, 3.05) is 12.3 Å². The molecular formula is C25H32FN5O2. The molecule has 1 aromatic heterocycles. The van der Waals surface area contributed by atoms with E-state index in [1.165, 1.54) is 12.1 Å². The first-order chi connectivity index (χ1) is 15.6. The van der Waals surface area contributed by atoms with Crippen molar-refractivity contribution in [2.45, 2.75) is 63.6 Å². The summed E-state index contributed by atoms with van der Waals surface area (Å²) in [4.78, 5) is 30.1. The lowest BCUT2D eigenvalue weighted by Gasteiger charge is -2.21. The molecule has 1 aliphatic carbocycles. The zero-order chi connectivity index (χ0) is 23.8. The maximum Gasteiger partial charge on any atom is 0.242 e. The van der Waals surface area contributed by atoms with Gasteiger partial charge in [-0.15, -0.1) is 0 Å². The number of anilines is 1. The van der Waals surface area contributed by atoms with Crippen LogP contribution in [0.25, 0.3) is 0 Å². The number of nitrogens with one attached hydrogen (secondary N) is 3. The van der Waals surface area contributed by atoms with Crippen LogP contribution in [0.4, 0.5) is 10.2 Å². The molecule has 1 aliphatic heterocycles. The molecule has 0 bridgehead atoms. The first-order valence-corrected chi connectivity index (χ1v) is 11.5. The van der Waals surface area contributed by atoms with E-state index in [0.29, 0.717) is 18.8 Å². The number of halogens is 1. The number of amides is 2. The number of carbonyl (C=O) groups excluding carboxylic acids is 2. The van der Waals surface area contributed by atoms with Gasteiger partial charge in [-0.1, -0.05) is 32.0 Å². The van der Waals surface area contributed by atoms with Crippen molar-refractivity contribution >= 4 is 17.6 Å². The molecule has 0 radical (unpaired) electrons. The highest BCUT2D eigenvalue weighted by Gasteiger charge is 2.40. The zero-order valence-electron chi connectivity index (χ0n) is 19.3. The van der Waals surface area contributed by atoms with Gasteiger partial charge in [-0.2, -0.15) is 0 Å². The van der Waals surface area contributed by atoms with Crippen LogP contribution in [-0.4, -0.2) is 35.4 Å². The standard InChI is InChI=1S/C25H32FN5O2/c1-14(23(32)30-20-12-25(2,3)22-18(20)8-9-21(27)31-22)29-24(33)19-11-16(13-28-19)10-15-4-6-17(26)7-5-15/h4-9,14,16,19-20,28H,10-13H2,1-3H3,(H2,27,31)(H,29,33)(H,30,32)/t14?,16-,19+,20+/m0/s1. The Morgan fingerprint density at radius 3 is 2.70 bits per heavy atom. The fraction of sp³-hybridized carbons (Fsp3) is 0.480. The molecule has 4 rings (SSSR count). The Labute approximate surface area is 193 Å². The minimum absolute atomic E-state index is 0.167. The summed E-state index contributed by atoms with van der Waals surface area (Å²) in [6.45, 7) is 6.58. The van der Waals surface area contributed by atoms with Gasteiger partial charge in [-0.25, -0.2) is 9.37 Å². The third-order valence-corrected chi connectivity index (χ3v) is 6.72. The molecule has 4 atom stereocenters. The van der Waals surface area contributed by atoms with Crippen LogP contribution in [0.2, 0.25) is 0 Å². The Morgan fingerprint density at radius 2 is 1.97 bits per heavy atom. The number of carbonyl (C=O) groups is 2. The molecule has 7 nitrogen and oxygen atoms in total. The van der Waals surface area contributed by atoms with Gasteiger partial charge >= 0.3 is 0 Å². The second kappa shape index (κ2) is 9.09. The molecule has 2 aromatic rings. The van der Waals surface area contributed by atoms with E-state index in [0.717, 1.165) is 29.7 Å². The SMILES string of the molecule is CC(NC(=O)[C@H]1C[C@H](Cc2ccc(F)cc2)CN1)C(=O)N[C@@H]1CC(C)(C)c2nc(N)ccc21. The maximum absolute atomic E-state index is 13.1. The predicted molar refractivity (Wildman–Crippen MR) is 125 cm³/mol. The van der Waals surface area contributed by atoms with Crippen molar-refractivity contribution in [3.8, 4) is 0 Å². The zero-order valence-corrected chi connectivity index (χ0v) is 19.3. The number of nitrogens with two attached hydrogens (primary N) is 1. The molecule has 1 saturated heterocycles. The minimum atomic E-state index is -0.663. The molecule has 8 heteroatoms. The van der Waals surface area contributed by atoms with Gasteiger partial charge in [0.05, 0.1) is 17.8 Å². The summed E-state index contributed by atoms with van der Waals surface area (Å²) < 4.78 is 13.1. The van der Waals surface area contributed by atoms with Crippen LogP contribution in [0, 0.1) is 11.7 Å². The lowest BCUT2D eigenvalue weighted by atomic mass is 9.90. The third kappa shape index (κ3) is 5.16. The quantitative estimate of drug-likeness (QED) is 0.537. The Morgan fingerprint density at radius 1 is 1.24 bits per heavy atom. The molecule has 2 aliphatic rings. The summed E-state index contributed by atoms with van der Waals surface area (Å²) in [5.74, 6) is 0.0946.